The van der Waals surface area contributed by atoms with Crippen LogP contribution in [-0.2, 0) is 6.54 Å². The summed E-state index contributed by atoms with van der Waals surface area (Å²) in [6, 6.07) is 9.89. The van der Waals surface area contributed by atoms with Crippen molar-refractivity contribution in [3.63, 3.8) is 0 Å². The van der Waals surface area contributed by atoms with Crippen molar-refractivity contribution in [2.75, 3.05) is 11.1 Å². The number of hydrogen-bond donors (Lipinski definition) is 2. The second-order valence-corrected chi connectivity index (χ2v) is 3.51. The minimum atomic E-state index is 0.116. The molecule has 0 fully saturated rings. The molecule has 0 radical (unpaired) electrons. The molecule has 2 rings (SSSR count). The third-order valence-corrected chi connectivity index (χ3v) is 2.23. The minimum absolute atomic E-state index is 0.116. The van der Waals surface area contributed by atoms with Crippen LogP contribution in [0.25, 0.3) is 0 Å². The highest BCUT2D eigenvalue weighted by molar-refractivity contribution is 6.31. The van der Waals surface area contributed by atoms with Gasteiger partial charge in [-0.05, 0) is 5.56 Å². The monoisotopic (exact) mass is 235 g/mol. The molecule has 0 spiro atoms. The molecule has 16 heavy (non-hydrogen) atoms. The lowest BCUT2D eigenvalue weighted by atomic mass is 10.2. The normalized spacial score (nSPS) is 10.1. The summed E-state index contributed by atoms with van der Waals surface area (Å²) in [4.78, 5) is 3.95. The second kappa shape index (κ2) is 4.76. The predicted molar refractivity (Wildman–Crippen MR) is 63.0 cm³/mol. The maximum absolute atomic E-state index is 5.61. The van der Waals surface area contributed by atoms with Crippen molar-refractivity contribution in [3.05, 3.63) is 41.0 Å². The number of nitrogens with zero attached hydrogens (tertiary/aromatic N) is 3. The lowest BCUT2D eigenvalue weighted by molar-refractivity contribution is 0.951. The van der Waals surface area contributed by atoms with E-state index in [2.05, 4.69) is 20.5 Å². The molecule has 1 aromatic carbocycles. The first-order valence-corrected chi connectivity index (χ1v) is 5.07. The highest BCUT2D eigenvalue weighted by Gasteiger charge is 2.02. The van der Waals surface area contributed by atoms with Gasteiger partial charge in [-0.25, -0.2) is 0 Å². The van der Waals surface area contributed by atoms with Crippen molar-refractivity contribution in [2.45, 2.75) is 6.54 Å². The van der Waals surface area contributed by atoms with E-state index >= 15 is 0 Å². The second-order valence-electron chi connectivity index (χ2n) is 3.15. The summed E-state index contributed by atoms with van der Waals surface area (Å²) in [7, 11) is 0. The van der Waals surface area contributed by atoms with Crippen LogP contribution >= 0.6 is 11.6 Å². The number of nitrogens with two attached hydrogens (primary N) is 1. The molecule has 3 N–H and O–H groups in total. The van der Waals surface area contributed by atoms with Crippen molar-refractivity contribution in [2.24, 2.45) is 0 Å². The molecule has 0 aliphatic carbocycles. The smallest absolute Gasteiger partial charge is 0.245 e. The highest BCUT2D eigenvalue weighted by Crippen LogP contribution is 2.12. The standard InChI is InChI=1S/C10H10ClN5/c11-8-9(12)14-10(16-15-8)13-6-7-4-2-1-3-5-7/h1-5H,6H2,(H3,12,13,14,16). The number of nitrogens with one attached hydrogen (secondary N) is 1. The van der Waals surface area contributed by atoms with E-state index in [9.17, 15) is 0 Å². The molecular weight excluding hydrogens is 226 g/mol. The Morgan fingerprint density at radius 3 is 2.62 bits per heavy atom. The molecule has 0 aliphatic rings. The molecule has 0 amide bonds. The van der Waals surface area contributed by atoms with Crippen LogP contribution in [0.2, 0.25) is 5.15 Å². The fourth-order valence-corrected chi connectivity index (χ4v) is 1.26. The summed E-state index contributed by atoms with van der Waals surface area (Å²) in [6.45, 7) is 0.615. The summed E-state index contributed by atoms with van der Waals surface area (Å²) >= 11 is 5.61. The quantitative estimate of drug-likeness (QED) is 0.847. The Morgan fingerprint density at radius 2 is 1.94 bits per heavy atom. The molecule has 1 heterocycles. The maximum atomic E-state index is 5.61. The van der Waals surface area contributed by atoms with Crippen LogP contribution in [0.1, 0.15) is 5.56 Å². The predicted octanol–water partition coefficient (Wildman–Crippen LogP) is 1.72. The molecule has 0 unspecified atom stereocenters. The van der Waals surface area contributed by atoms with Gasteiger partial charge < -0.3 is 11.1 Å². The molecule has 6 heteroatoms. The number of anilines is 2. The Labute approximate surface area is 97.7 Å². The van der Waals surface area contributed by atoms with Crippen LogP contribution < -0.4 is 11.1 Å². The van der Waals surface area contributed by atoms with Crippen LogP contribution in [0, 0.1) is 0 Å². The van der Waals surface area contributed by atoms with Crippen molar-refractivity contribution < 1.29 is 0 Å². The number of rotatable bonds is 3. The van der Waals surface area contributed by atoms with Gasteiger partial charge >= 0.3 is 0 Å². The van der Waals surface area contributed by atoms with Gasteiger partial charge in [0.2, 0.25) is 5.95 Å². The third kappa shape index (κ3) is 2.58. The Bertz CT molecular complexity index is 474. The molecule has 2 aromatic rings. The van der Waals surface area contributed by atoms with Crippen molar-refractivity contribution in [1.29, 1.82) is 0 Å². The summed E-state index contributed by atoms with van der Waals surface area (Å²) < 4.78 is 0. The van der Waals surface area contributed by atoms with Crippen LogP contribution in [0.5, 0.6) is 0 Å². The number of aromatic nitrogens is 3. The SMILES string of the molecule is Nc1nc(NCc2ccccc2)nnc1Cl. The zero-order valence-corrected chi connectivity index (χ0v) is 9.15. The zero-order valence-electron chi connectivity index (χ0n) is 8.39. The fraction of sp³-hybridized carbons (Fsp3) is 0.100. The Kier molecular flexibility index (Phi) is 3.16. The summed E-state index contributed by atoms with van der Waals surface area (Å²) in [6.07, 6.45) is 0. The lowest BCUT2D eigenvalue weighted by Crippen LogP contribution is -2.06. The average molecular weight is 236 g/mol. The first kappa shape index (κ1) is 10.6. The number of halogens is 1. The van der Waals surface area contributed by atoms with E-state index in [0.717, 1.165) is 5.56 Å². The van der Waals surface area contributed by atoms with E-state index in [1.807, 2.05) is 30.3 Å². The van der Waals surface area contributed by atoms with Gasteiger partial charge in [-0.2, -0.15) is 4.98 Å². The largest absolute Gasteiger partial charge is 0.381 e. The highest BCUT2D eigenvalue weighted by atomic mass is 35.5. The van der Waals surface area contributed by atoms with E-state index in [4.69, 9.17) is 17.3 Å². The maximum Gasteiger partial charge on any atom is 0.245 e. The van der Waals surface area contributed by atoms with E-state index < -0.39 is 0 Å². The van der Waals surface area contributed by atoms with Crippen molar-refractivity contribution in [3.8, 4) is 0 Å². The summed E-state index contributed by atoms with van der Waals surface area (Å²) in [5, 5.41) is 10.5. The molecule has 1 aromatic heterocycles. The molecule has 0 atom stereocenters. The van der Waals surface area contributed by atoms with Gasteiger partial charge in [0.25, 0.3) is 0 Å². The van der Waals surface area contributed by atoms with Gasteiger partial charge in [0.05, 0.1) is 0 Å². The lowest BCUT2D eigenvalue weighted by Gasteiger charge is -2.04. The third-order valence-electron chi connectivity index (χ3n) is 1.96. The van der Waals surface area contributed by atoms with Gasteiger partial charge in [0, 0.05) is 6.54 Å². The Balaban J connectivity index is 2.03. The summed E-state index contributed by atoms with van der Waals surface area (Å²) in [5.74, 6) is 0.540. The van der Waals surface area contributed by atoms with E-state index in [1.54, 1.807) is 0 Å². The molecule has 5 nitrogen and oxygen atoms in total. The minimum Gasteiger partial charge on any atom is -0.381 e. The van der Waals surface area contributed by atoms with E-state index in [1.165, 1.54) is 0 Å². The van der Waals surface area contributed by atoms with Crippen LogP contribution in [0.4, 0.5) is 11.8 Å². The van der Waals surface area contributed by atoms with Gasteiger partial charge in [-0.3, -0.25) is 0 Å². The van der Waals surface area contributed by atoms with Gasteiger partial charge in [-0.15, -0.1) is 10.2 Å². The molecule has 0 saturated carbocycles. The number of hydrogen-bond acceptors (Lipinski definition) is 5. The van der Waals surface area contributed by atoms with E-state index in [-0.39, 0.29) is 11.0 Å². The van der Waals surface area contributed by atoms with Gasteiger partial charge in [-0.1, -0.05) is 41.9 Å². The van der Waals surface area contributed by atoms with Crippen LogP contribution in [0.3, 0.4) is 0 Å². The molecule has 0 aliphatic heterocycles. The molecule has 0 bridgehead atoms. The molecule has 82 valence electrons. The Hall–Kier alpha value is -1.88. The van der Waals surface area contributed by atoms with Gasteiger partial charge in [0.1, 0.15) is 0 Å². The van der Waals surface area contributed by atoms with Crippen LogP contribution in [-0.4, -0.2) is 15.2 Å². The topological polar surface area (TPSA) is 76.7 Å². The average Bonchev–Trinajstić information content (AvgIpc) is 2.32. The van der Waals surface area contributed by atoms with Crippen molar-refractivity contribution >= 4 is 23.4 Å². The number of nitrogen functional groups attached to an aromatic ring is 1. The van der Waals surface area contributed by atoms with Crippen LogP contribution in [0.15, 0.2) is 30.3 Å². The fourth-order valence-electron chi connectivity index (χ4n) is 1.18. The molecule has 0 saturated heterocycles. The summed E-state index contributed by atoms with van der Waals surface area (Å²) in [5.41, 5.74) is 6.63. The Morgan fingerprint density at radius 1 is 1.19 bits per heavy atom. The zero-order chi connectivity index (χ0) is 11.4. The van der Waals surface area contributed by atoms with Crippen molar-refractivity contribution in [1.82, 2.24) is 15.2 Å². The number of benzene rings is 1. The van der Waals surface area contributed by atoms with E-state index in [0.29, 0.717) is 12.5 Å². The first-order chi connectivity index (χ1) is 7.75. The first-order valence-electron chi connectivity index (χ1n) is 4.69. The molecular formula is C10H10ClN5. The van der Waals surface area contributed by atoms with Gasteiger partial charge in [0.15, 0.2) is 11.0 Å².